The summed E-state index contributed by atoms with van der Waals surface area (Å²) in [7, 11) is 1.88. The van der Waals surface area contributed by atoms with Gasteiger partial charge >= 0.3 is 0 Å². The van der Waals surface area contributed by atoms with E-state index in [9.17, 15) is 4.79 Å². The second-order valence-electron chi connectivity index (χ2n) is 8.12. The second-order valence-corrected chi connectivity index (χ2v) is 8.12. The van der Waals surface area contributed by atoms with Gasteiger partial charge in [0.1, 0.15) is 0 Å². The van der Waals surface area contributed by atoms with Crippen LogP contribution in [0.1, 0.15) is 17.5 Å². The van der Waals surface area contributed by atoms with Gasteiger partial charge in [-0.05, 0) is 58.8 Å². The first kappa shape index (κ1) is 19.2. The van der Waals surface area contributed by atoms with E-state index in [1.165, 1.54) is 16.3 Å². The largest absolute Gasteiger partial charge is 0.361 e. The summed E-state index contributed by atoms with van der Waals surface area (Å²) in [4.78, 5) is 21.2. The molecule has 0 radical (unpaired) electrons. The van der Waals surface area contributed by atoms with E-state index in [4.69, 9.17) is 0 Å². The molecule has 4 heteroatoms. The summed E-state index contributed by atoms with van der Waals surface area (Å²) in [6.07, 6.45) is 3.16. The molecule has 0 unspecified atom stereocenters. The Morgan fingerprint density at radius 2 is 1.74 bits per heavy atom. The lowest BCUT2D eigenvalue weighted by Crippen LogP contribution is -2.26. The lowest BCUT2D eigenvalue weighted by atomic mass is 10.0. The van der Waals surface area contributed by atoms with Crippen molar-refractivity contribution in [2.75, 3.05) is 7.05 Å². The molecule has 0 bridgehead atoms. The third-order valence-corrected chi connectivity index (χ3v) is 5.86. The normalized spacial score (nSPS) is 11.3. The Hall–Kier alpha value is -3.79. The van der Waals surface area contributed by atoms with Gasteiger partial charge in [0, 0.05) is 48.3 Å². The molecule has 2 N–H and O–H groups in total. The van der Waals surface area contributed by atoms with Crippen molar-refractivity contribution in [3.8, 4) is 11.3 Å². The molecule has 5 aromatic rings. The molecule has 0 atom stereocenters. The molecule has 2 aromatic heterocycles. The van der Waals surface area contributed by atoms with Gasteiger partial charge < -0.3 is 14.9 Å². The van der Waals surface area contributed by atoms with E-state index in [0.29, 0.717) is 13.0 Å². The number of benzene rings is 3. The Labute approximate surface area is 181 Å². The fraction of sp³-hybridized carbons (Fsp3) is 0.148. The number of H-pyrrole nitrogens is 2. The number of hydrogen-bond donors (Lipinski definition) is 2. The van der Waals surface area contributed by atoms with Crippen LogP contribution in [0.15, 0.2) is 85.1 Å². The minimum atomic E-state index is 0.155. The van der Waals surface area contributed by atoms with Crippen molar-refractivity contribution < 1.29 is 4.79 Å². The van der Waals surface area contributed by atoms with Crippen LogP contribution >= 0.6 is 0 Å². The molecule has 3 aromatic carbocycles. The highest BCUT2D eigenvalue weighted by Crippen LogP contribution is 2.25. The molecule has 0 fully saturated rings. The minimum absolute atomic E-state index is 0.155. The molecule has 0 saturated heterocycles. The Morgan fingerprint density at radius 1 is 0.839 bits per heavy atom. The van der Waals surface area contributed by atoms with Crippen LogP contribution in [0, 0.1) is 0 Å². The summed E-state index contributed by atoms with van der Waals surface area (Å²) in [5.41, 5.74) is 6.79. The van der Waals surface area contributed by atoms with Gasteiger partial charge in [-0.15, -0.1) is 0 Å². The summed E-state index contributed by atoms with van der Waals surface area (Å²) in [6.45, 7) is 0.614. The second kappa shape index (κ2) is 8.15. The number of fused-ring (bicyclic) bond motifs is 2. The molecule has 154 valence electrons. The van der Waals surface area contributed by atoms with Crippen LogP contribution in [0.2, 0.25) is 0 Å². The number of para-hydroxylation sites is 1. The zero-order valence-electron chi connectivity index (χ0n) is 17.6. The van der Waals surface area contributed by atoms with Gasteiger partial charge in [-0.3, -0.25) is 4.79 Å². The van der Waals surface area contributed by atoms with Gasteiger partial charge in [-0.1, -0.05) is 48.5 Å². The summed E-state index contributed by atoms with van der Waals surface area (Å²) < 4.78 is 0. The maximum absolute atomic E-state index is 12.7. The number of aryl methyl sites for hydroxylation is 1. The van der Waals surface area contributed by atoms with Crippen LogP contribution in [0.25, 0.3) is 33.1 Å². The number of aromatic nitrogens is 2. The van der Waals surface area contributed by atoms with Crippen molar-refractivity contribution >= 4 is 27.7 Å². The van der Waals surface area contributed by atoms with Gasteiger partial charge in [0.15, 0.2) is 0 Å². The molecule has 1 amide bonds. The number of nitrogens with zero attached hydrogens (tertiary/aromatic N) is 1. The summed E-state index contributed by atoms with van der Waals surface area (Å²) in [5.74, 6) is 0.155. The Bertz CT molecular complexity index is 1330. The average molecular weight is 408 g/mol. The molecule has 0 aliphatic rings. The van der Waals surface area contributed by atoms with Gasteiger partial charge in [-0.25, -0.2) is 0 Å². The lowest BCUT2D eigenvalue weighted by molar-refractivity contribution is -0.130. The minimum Gasteiger partial charge on any atom is -0.361 e. The molecule has 0 spiro atoms. The summed E-state index contributed by atoms with van der Waals surface area (Å²) in [5, 5.41) is 2.39. The monoisotopic (exact) mass is 407 g/mol. The number of rotatable bonds is 6. The Kier molecular flexibility index (Phi) is 5.04. The fourth-order valence-corrected chi connectivity index (χ4v) is 4.12. The molecule has 2 heterocycles. The van der Waals surface area contributed by atoms with Gasteiger partial charge in [-0.2, -0.15) is 0 Å². The van der Waals surface area contributed by atoms with E-state index in [0.717, 1.165) is 34.3 Å². The topological polar surface area (TPSA) is 51.9 Å². The van der Waals surface area contributed by atoms with Crippen LogP contribution < -0.4 is 0 Å². The van der Waals surface area contributed by atoms with Gasteiger partial charge in [0.2, 0.25) is 5.91 Å². The molecular weight excluding hydrogens is 382 g/mol. The highest BCUT2D eigenvalue weighted by Gasteiger charge is 2.11. The van der Waals surface area contributed by atoms with Crippen LogP contribution in [0.3, 0.4) is 0 Å². The first-order valence-electron chi connectivity index (χ1n) is 10.6. The fourth-order valence-electron chi connectivity index (χ4n) is 4.12. The molecule has 0 aliphatic heterocycles. The van der Waals surface area contributed by atoms with Crippen molar-refractivity contribution in [2.24, 2.45) is 0 Å². The smallest absolute Gasteiger partial charge is 0.222 e. The predicted octanol–water partition coefficient (Wildman–Crippen LogP) is 5.91. The van der Waals surface area contributed by atoms with Crippen LogP contribution in [0.4, 0.5) is 0 Å². The maximum Gasteiger partial charge on any atom is 0.222 e. The number of hydrogen-bond acceptors (Lipinski definition) is 1. The molecule has 0 saturated carbocycles. The molecule has 0 aliphatic carbocycles. The zero-order valence-corrected chi connectivity index (χ0v) is 17.6. The standard InChI is InChI=1S/C27H25N3O/c1-30(18-20-9-11-21-13-14-28-25(21)16-20)27(31)12-10-19-5-4-7-22(15-19)26-17-23-6-2-3-8-24(23)29-26/h2-9,11,13-17,28-29H,10,12,18H2,1H3. The van der Waals surface area contributed by atoms with Crippen LogP contribution in [0.5, 0.6) is 0 Å². The molecule has 4 nitrogen and oxygen atoms in total. The SMILES string of the molecule is CN(Cc1ccc2cc[nH]c2c1)C(=O)CCc1cccc(-c2cc3ccccc3[nH]2)c1. The van der Waals surface area contributed by atoms with E-state index >= 15 is 0 Å². The number of carbonyl (C=O) groups excluding carboxylic acids is 1. The van der Waals surface area contributed by atoms with E-state index in [-0.39, 0.29) is 5.91 Å². The third kappa shape index (κ3) is 4.10. The van der Waals surface area contributed by atoms with E-state index in [1.807, 2.05) is 24.2 Å². The van der Waals surface area contributed by atoms with Gasteiger partial charge in [0.05, 0.1) is 0 Å². The van der Waals surface area contributed by atoms with E-state index < -0.39 is 0 Å². The first-order chi connectivity index (χ1) is 15.2. The van der Waals surface area contributed by atoms with E-state index in [1.54, 1.807) is 0 Å². The molecular formula is C27H25N3O. The highest BCUT2D eigenvalue weighted by atomic mass is 16.2. The first-order valence-corrected chi connectivity index (χ1v) is 10.6. The molecule has 31 heavy (non-hydrogen) atoms. The van der Waals surface area contributed by atoms with Crippen molar-refractivity contribution in [1.29, 1.82) is 0 Å². The Morgan fingerprint density at radius 3 is 2.65 bits per heavy atom. The number of aromatic amines is 2. The lowest BCUT2D eigenvalue weighted by Gasteiger charge is -2.17. The molecule has 5 rings (SSSR count). The van der Waals surface area contributed by atoms with Crippen molar-refractivity contribution in [3.63, 3.8) is 0 Å². The number of nitrogens with one attached hydrogen (secondary N) is 2. The van der Waals surface area contributed by atoms with Crippen molar-refractivity contribution in [1.82, 2.24) is 14.9 Å². The summed E-state index contributed by atoms with van der Waals surface area (Å²) in [6, 6.07) is 27.3. The van der Waals surface area contributed by atoms with Crippen molar-refractivity contribution in [2.45, 2.75) is 19.4 Å². The average Bonchev–Trinajstić information content (AvgIpc) is 3.44. The zero-order chi connectivity index (χ0) is 21.2. The predicted molar refractivity (Wildman–Crippen MR) is 127 cm³/mol. The highest BCUT2D eigenvalue weighted by molar-refractivity contribution is 5.86. The van der Waals surface area contributed by atoms with Crippen LogP contribution in [-0.2, 0) is 17.8 Å². The quantitative estimate of drug-likeness (QED) is 0.361. The maximum atomic E-state index is 12.7. The Balaban J connectivity index is 1.23. The number of amides is 1. The van der Waals surface area contributed by atoms with E-state index in [2.05, 4.69) is 82.8 Å². The number of carbonyl (C=O) groups is 1. The van der Waals surface area contributed by atoms with Crippen LogP contribution in [-0.4, -0.2) is 27.8 Å². The third-order valence-electron chi connectivity index (χ3n) is 5.86. The van der Waals surface area contributed by atoms with Gasteiger partial charge in [0.25, 0.3) is 0 Å². The van der Waals surface area contributed by atoms with Crippen molar-refractivity contribution in [3.05, 3.63) is 96.2 Å². The summed E-state index contributed by atoms with van der Waals surface area (Å²) >= 11 is 0.